The van der Waals surface area contributed by atoms with Crippen molar-refractivity contribution >= 4 is 23.9 Å². The van der Waals surface area contributed by atoms with Crippen LogP contribution >= 0.6 is 11.8 Å². The van der Waals surface area contributed by atoms with Gasteiger partial charge in [0.25, 0.3) is 5.91 Å². The van der Waals surface area contributed by atoms with Crippen LogP contribution in [0.5, 0.6) is 0 Å². The van der Waals surface area contributed by atoms with Gasteiger partial charge in [-0.3, -0.25) is 9.36 Å². The first-order valence-corrected chi connectivity index (χ1v) is 12.4. The third-order valence-corrected chi connectivity index (χ3v) is 6.50. The van der Waals surface area contributed by atoms with Crippen LogP contribution < -0.4 is 5.43 Å². The predicted octanol–water partition coefficient (Wildman–Crippen LogP) is 5.78. The number of aromatic nitrogens is 3. The van der Waals surface area contributed by atoms with Gasteiger partial charge in [-0.05, 0) is 41.2 Å². The van der Waals surface area contributed by atoms with Gasteiger partial charge in [-0.15, -0.1) is 10.2 Å². The van der Waals surface area contributed by atoms with Gasteiger partial charge in [-0.2, -0.15) is 5.10 Å². The normalized spacial score (nSPS) is 11.7. The van der Waals surface area contributed by atoms with E-state index in [-0.39, 0.29) is 17.1 Å². The van der Waals surface area contributed by atoms with Crippen LogP contribution in [0.15, 0.2) is 89.1 Å². The van der Waals surface area contributed by atoms with Gasteiger partial charge < -0.3 is 0 Å². The Kier molecular flexibility index (Phi) is 7.46. The van der Waals surface area contributed by atoms with Crippen molar-refractivity contribution in [2.24, 2.45) is 5.10 Å². The molecule has 0 saturated carbocycles. The number of benzene rings is 3. The molecule has 0 aliphatic carbocycles. The summed E-state index contributed by atoms with van der Waals surface area (Å²) in [5, 5.41) is 13.6. The van der Waals surface area contributed by atoms with E-state index in [0.717, 1.165) is 28.2 Å². The van der Waals surface area contributed by atoms with E-state index >= 15 is 0 Å². The number of carbonyl (C=O) groups excluding carboxylic acids is 1. The highest BCUT2D eigenvalue weighted by Crippen LogP contribution is 2.30. The molecule has 0 aliphatic heterocycles. The average Bonchev–Trinajstić information content (AvgIpc) is 3.28. The van der Waals surface area contributed by atoms with Crippen LogP contribution in [0.25, 0.3) is 17.1 Å². The van der Waals surface area contributed by atoms with Gasteiger partial charge in [0.1, 0.15) is 0 Å². The smallest absolute Gasteiger partial charge is 0.250 e. The molecule has 0 fully saturated rings. The van der Waals surface area contributed by atoms with E-state index in [4.69, 9.17) is 0 Å². The number of amides is 1. The highest BCUT2D eigenvalue weighted by molar-refractivity contribution is 7.99. The summed E-state index contributed by atoms with van der Waals surface area (Å²) in [5.41, 5.74) is 7.89. The molecule has 1 N–H and O–H groups in total. The minimum atomic E-state index is -0.210. The standard InChI is InChI=1S/C28H29N5OS/c1-20-10-8-9-11-22(20)18-29-30-25(34)19-35-27-32-31-26(33(27)24-12-6-5-7-13-24)21-14-16-23(17-15-21)28(2,3)4/h5-18H,19H2,1-4H3,(H,30,34)/b29-18+. The minimum Gasteiger partial charge on any atom is -0.272 e. The second-order valence-electron chi connectivity index (χ2n) is 9.24. The summed E-state index contributed by atoms with van der Waals surface area (Å²) in [5.74, 6) is 0.689. The monoisotopic (exact) mass is 483 g/mol. The second-order valence-corrected chi connectivity index (χ2v) is 10.2. The molecule has 0 spiro atoms. The zero-order chi connectivity index (χ0) is 24.8. The molecule has 0 unspecified atom stereocenters. The van der Waals surface area contributed by atoms with Crippen molar-refractivity contribution in [1.82, 2.24) is 20.2 Å². The van der Waals surface area contributed by atoms with E-state index in [9.17, 15) is 4.79 Å². The molecule has 7 heteroatoms. The van der Waals surface area contributed by atoms with E-state index in [2.05, 4.69) is 65.8 Å². The third kappa shape index (κ3) is 6.05. The lowest BCUT2D eigenvalue weighted by Crippen LogP contribution is -2.20. The number of nitrogens with zero attached hydrogens (tertiary/aromatic N) is 4. The van der Waals surface area contributed by atoms with Crippen molar-refractivity contribution in [1.29, 1.82) is 0 Å². The Hall–Kier alpha value is -3.71. The molecule has 6 nitrogen and oxygen atoms in total. The number of aryl methyl sites for hydroxylation is 1. The van der Waals surface area contributed by atoms with Crippen LogP contribution in [0, 0.1) is 6.92 Å². The number of rotatable bonds is 7. The highest BCUT2D eigenvalue weighted by atomic mass is 32.2. The molecule has 0 radical (unpaired) electrons. The summed E-state index contributed by atoms with van der Waals surface area (Å²) in [7, 11) is 0. The molecule has 1 aromatic heterocycles. The molecule has 3 aromatic carbocycles. The first kappa shape index (κ1) is 24.4. The summed E-state index contributed by atoms with van der Waals surface area (Å²) >= 11 is 1.33. The summed E-state index contributed by atoms with van der Waals surface area (Å²) < 4.78 is 1.99. The maximum absolute atomic E-state index is 12.4. The molecule has 1 heterocycles. The number of thioether (sulfide) groups is 1. The molecule has 35 heavy (non-hydrogen) atoms. The van der Waals surface area contributed by atoms with Crippen LogP contribution in [0.4, 0.5) is 0 Å². The fraction of sp³-hybridized carbons (Fsp3) is 0.214. The Morgan fingerprint density at radius 1 is 0.971 bits per heavy atom. The topological polar surface area (TPSA) is 72.2 Å². The fourth-order valence-electron chi connectivity index (χ4n) is 3.55. The quantitative estimate of drug-likeness (QED) is 0.205. The molecule has 0 atom stereocenters. The molecule has 4 rings (SSSR count). The number of hydrogen-bond donors (Lipinski definition) is 1. The van der Waals surface area contributed by atoms with E-state index in [1.54, 1.807) is 6.21 Å². The number of hydrazone groups is 1. The average molecular weight is 484 g/mol. The summed E-state index contributed by atoms with van der Waals surface area (Å²) in [6.45, 7) is 8.58. The van der Waals surface area contributed by atoms with Crippen molar-refractivity contribution in [3.05, 3.63) is 95.6 Å². The Balaban J connectivity index is 1.53. The number of hydrogen-bond acceptors (Lipinski definition) is 5. The van der Waals surface area contributed by atoms with E-state index in [1.165, 1.54) is 17.3 Å². The van der Waals surface area contributed by atoms with Crippen LogP contribution in [0.1, 0.15) is 37.5 Å². The summed E-state index contributed by atoms with van der Waals surface area (Å²) in [6.07, 6.45) is 1.66. The van der Waals surface area contributed by atoms with Gasteiger partial charge in [-0.1, -0.05) is 99.3 Å². The Bertz CT molecular complexity index is 1320. The number of para-hydroxylation sites is 1. The molecular formula is C28H29N5OS. The second kappa shape index (κ2) is 10.7. The zero-order valence-electron chi connectivity index (χ0n) is 20.4. The predicted molar refractivity (Wildman–Crippen MR) is 143 cm³/mol. The lowest BCUT2D eigenvalue weighted by atomic mass is 9.87. The molecular weight excluding hydrogens is 454 g/mol. The van der Waals surface area contributed by atoms with Crippen LogP contribution in [-0.4, -0.2) is 32.6 Å². The maximum atomic E-state index is 12.4. The fourth-order valence-corrected chi connectivity index (χ4v) is 4.29. The largest absolute Gasteiger partial charge is 0.272 e. The van der Waals surface area contributed by atoms with E-state index in [1.807, 2.05) is 66.1 Å². The van der Waals surface area contributed by atoms with Gasteiger partial charge in [0.05, 0.1) is 12.0 Å². The van der Waals surface area contributed by atoms with Gasteiger partial charge in [-0.25, -0.2) is 5.43 Å². The lowest BCUT2D eigenvalue weighted by molar-refractivity contribution is -0.118. The molecule has 178 valence electrons. The van der Waals surface area contributed by atoms with Crippen molar-refractivity contribution in [3.63, 3.8) is 0 Å². The molecule has 0 saturated heterocycles. The van der Waals surface area contributed by atoms with Gasteiger partial charge in [0.2, 0.25) is 0 Å². The van der Waals surface area contributed by atoms with Gasteiger partial charge in [0, 0.05) is 11.3 Å². The van der Waals surface area contributed by atoms with E-state index < -0.39 is 0 Å². The Morgan fingerprint density at radius 2 is 1.66 bits per heavy atom. The number of carbonyl (C=O) groups is 1. The molecule has 0 aliphatic rings. The number of nitrogens with one attached hydrogen (secondary N) is 1. The Morgan fingerprint density at radius 3 is 2.34 bits per heavy atom. The first-order chi connectivity index (χ1) is 16.8. The lowest BCUT2D eigenvalue weighted by Gasteiger charge is -2.19. The van der Waals surface area contributed by atoms with E-state index in [0.29, 0.717) is 5.16 Å². The van der Waals surface area contributed by atoms with Crippen LogP contribution in [-0.2, 0) is 10.2 Å². The third-order valence-electron chi connectivity index (χ3n) is 5.57. The zero-order valence-corrected chi connectivity index (χ0v) is 21.2. The van der Waals surface area contributed by atoms with Crippen LogP contribution in [0.2, 0.25) is 0 Å². The highest BCUT2D eigenvalue weighted by Gasteiger charge is 2.19. The Labute approximate surface area is 210 Å². The first-order valence-electron chi connectivity index (χ1n) is 11.4. The summed E-state index contributed by atoms with van der Waals surface area (Å²) in [6, 6.07) is 26.2. The minimum absolute atomic E-state index is 0.0711. The van der Waals surface area contributed by atoms with Gasteiger partial charge in [0.15, 0.2) is 11.0 Å². The maximum Gasteiger partial charge on any atom is 0.250 e. The van der Waals surface area contributed by atoms with Crippen molar-refractivity contribution in [2.45, 2.75) is 38.3 Å². The van der Waals surface area contributed by atoms with Crippen molar-refractivity contribution in [2.75, 3.05) is 5.75 Å². The molecule has 1 amide bonds. The molecule has 0 bridgehead atoms. The van der Waals surface area contributed by atoms with Crippen LogP contribution in [0.3, 0.4) is 0 Å². The van der Waals surface area contributed by atoms with Crippen molar-refractivity contribution in [3.8, 4) is 17.1 Å². The van der Waals surface area contributed by atoms with Crippen molar-refractivity contribution < 1.29 is 4.79 Å². The molecule has 4 aromatic rings. The summed E-state index contributed by atoms with van der Waals surface area (Å²) in [4.78, 5) is 12.4. The van der Waals surface area contributed by atoms with Gasteiger partial charge >= 0.3 is 0 Å². The SMILES string of the molecule is Cc1ccccc1/C=N/NC(=O)CSc1nnc(-c2ccc(C(C)(C)C)cc2)n1-c1ccccc1.